The van der Waals surface area contributed by atoms with E-state index in [1.54, 1.807) is 6.26 Å². The van der Waals surface area contributed by atoms with E-state index in [-0.39, 0.29) is 18.4 Å². The molecule has 0 saturated heterocycles. The fourth-order valence-electron chi connectivity index (χ4n) is 3.91. The molecule has 0 saturated carbocycles. The lowest BCUT2D eigenvalue weighted by molar-refractivity contribution is -0.118. The summed E-state index contributed by atoms with van der Waals surface area (Å²) in [6, 6.07) is 20.2. The summed E-state index contributed by atoms with van der Waals surface area (Å²) in [5, 5.41) is 7.01. The predicted molar refractivity (Wildman–Crippen MR) is 150 cm³/mol. The highest BCUT2D eigenvalue weighted by Gasteiger charge is 2.23. The number of ketones is 1. The topological polar surface area (TPSA) is 80.6 Å². The van der Waals surface area contributed by atoms with Gasteiger partial charge in [0.2, 0.25) is 0 Å². The fraction of sp³-hybridized carbons (Fsp3) is 0.379. The van der Waals surface area contributed by atoms with E-state index < -0.39 is 12.1 Å². The van der Waals surface area contributed by atoms with Crippen molar-refractivity contribution in [1.29, 1.82) is 0 Å². The molecule has 8 heteroatoms. The average molecular weight is 543 g/mol. The molecular formula is C29H35ClN2O4S. The molecule has 2 N–H and O–H groups in total. The Kier molecular flexibility index (Phi) is 12.1. The Morgan fingerprint density at radius 1 is 1.03 bits per heavy atom. The highest BCUT2D eigenvalue weighted by Crippen LogP contribution is 2.19. The molecule has 2 aromatic carbocycles. The normalized spacial score (nSPS) is 12.8. The van der Waals surface area contributed by atoms with Gasteiger partial charge in [-0.05, 0) is 48.1 Å². The highest BCUT2D eigenvalue weighted by atomic mass is 35.5. The van der Waals surface area contributed by atoms with Gasteiger partial charge in [-0.25, -0.2) is 4.79 Å². The van der Waals surface area contributed by atoms with Crippen LogP contribution in [0.15, 0.2) is 77.4 Å². The molecule has 2 atom stereocenters. The maximum Gasteiger partial charge on any atom is 0.407 e. The third kappa shape index (κ3) is 10.6. The number of nitrogens with one attached hydrogen (secondary N) is 2. The number of carbonyl (C=O) groups is 2. The van der Waals surface area contributed by atoms with E-state index in [9.17, 15) is 9.59 Å². The van der Waals surface area contributed by atoms with Crippen LogP contribution in [0.5, 0.6) is 0 Å². The Bertz CT molecular complexity index is 1090. The van der Waals surface area contributed by atoms with E-state index in [1.807, 2.05) is 66.7 Å². The van der Waals surface area contributed by atoms with Crippen molar-refractivity contribution in [3.05, 3.63) is 94.9 Å². The Balaban J connectivity index is 1.60. The number of thioether (sulfide) groups is 1. The van der Waals surface area contributed by atoms with Gasteiger partial charge in [-0.2, -0.15) is 0 Å². The molecule has 2 unspecified atom stereocenters. The van der Waals surface area contributed by atoms with Gasteiger partial charge in [-0.3, -0.25) is 4.79 Å². The molecule has 0 bridgehead atoms. The Morgan fingerprint density at radius 3 is 2.49 bits per heavy atom. The van der Waals surface area contributed by atoms with Gasteiger partial charge in [0, 0.05) is 17.6 Å². The lowest BCUT2D eigenvalue weighted by Gasteiger charge is -2.25. The van der Waals surface area contributed by atoms with Crippen LogP contribution in [0.3, 0.4) is 0 Å². The number of carbonyl (C=O) groups excluding carboxylic acids is 2. The molecule has 3 aromatic rings. The predicted octanol–water partition coefficient (Wildman–Crippen LogP) is 6.28. The molecule has 1 amide bonds. The van der Waals surface area contributed by atoms with Crippen molar-refractivity contribution >= 4 is 35.2 Å². The highest BCUT2D eigenvalue weighted by molar-refractivity contribution is 7.99. The fourth-order valence-corrected chi connectivity index (χ4v) is 4.99. The van der Waals surface area contributed by atoms with Crippen LogP contribution in [0.4, 0.5) is 4.79 Å². The van der Waals surface area contributed by atoms with Crippen molar-refractivity contribution in [2.75, 3.05) is 12.3 Å². The first kappa shape index (κ1) is 28.8. The molecule has 0 radical (unpaired) electrons. The van der Waals surface area contributed by atoms with E-state index in [0.29, 0.717) is 35.4 Å². The smallest absolute Gasteiger partial charge is 0.407 e. The second-order valence-electron chi connectivity index (χ2n) is 9.33. The number of furan rings is 1. The Labute approximate surface area is 228 Å². The molecule has 37 heavy (non-hydrogen) atoms. The van der Waals surface area contributed by atoms with Crippen molar-refractivity contribution < 1.29 is 18.7 Å². The summed E-state index contributed by atoms with van der Waals surface area (Å²) in [7, 11) is 0. The number of halogens is 1. The van der Waals surface area contributed by atoms with Crippen LogP contribution in [0.2, 0.25) is 5.02 Å². The SMILES string of the molecule is CC(C)CC(CNC(Cc1ccccc1Cl)C(=O)CSCc1ccco1)NC(=O)OCc1ccccc1. The Morgan fingerprint density at radius 2 is 1.78 bits per heavy atom. The van der Waals surface area contributed by atoms with Crippen molar-refractivity contribution in [2.24, 2.45) is 5.92 Å². The molecule has 6 nitrogen and oxygen atoms in total. The molecule has 198 valence electrons. The number of ether oxygens (including phenoxy) is 1. The van der Waals surface area contributed by atoms with Crippen LogP contribution >= 0.6 is 23.4 Å². The molecule has 0 aliphatic rings. The number of rotatable bonds is 15. The first-order valence-electron chi connectivity index (χ1n) is 12.5. The van der Waals surface area contributed by atoms with Crippen LogP contribution in [0, 0.1) is 5.92 Å². The van der Waals surface area contributed by atoms with Crippen molar-refractivity contribution in [3.8, 4) is 0 Å². The summed E-state index contributed by atoms with van der Waals surface area (Å²) in [6.07, 6.45) is 2.37. The van der Waals surface area contributed by atoms with Gasteiger partial charge in [0.1, 0.15) is 12.4 Å². The summed E-state index contributed by atoms with van der Waals surface area (Å²) < 4.78 is 10.8. The van der Waals surface area contributed by atoms with Crippen LogP contribution in [-0.4, -0.2) is 36.3 Å². The van der Waals surface area contributed by atoms with Gasteiger partial charge in [-0.1, -0.05) is 74.0 Å². The first-order valence-corrected chi connectivity index (χ1v) is 14.0. The number of hydrogen-bond donors (Lipinski definition) is 2. The van der Waals surface area contributed by atoms with E-state index in [4.69, 9.17) is 20.8 Å². The summed E-state index contributed by atoms with van der Waals surface area (Å²) in [6.45, 7) is 4.83. The summed E-state index contributed by atoms with van der Waals surface area (Å²) in [4.78, 5) is 25.8. The molecule has 1 heterocycles. The van der Waals surface area contributed by atoms with Crippen LogP contribution in [0.25, 0.3) is 0 Å². The van der Waals surface area contributed by atoms with Crippen LogP contribution in [-0.2, 0) is 28.3 Å². The standard InChI is InChI=1S/C29H35ClN2O4S/c1-21(2)15-24(32-29(34)36-18-22-9-4-3-5-10-22)17-31-27(16-23-11-6-7-13-26(23)30)28(33)20-37-19-25-12-8-14-35-25/h3-14,21,24,27,31H,15-20H2,1-2H3,(H,32,34). The largest absolute Gasteiger partial charge is 0.468 e. The van der Waals surface area contributed by atoms with E-state index in [1.165, 1.54) is 11.8 Å². The van der Waals surface area contributed by atoms with Gasteiger partial charge in [-0.15, -0.1) is 11.8 Å². The minimum atomic E-state index is -0.473. The van der Waals surface area contributed by atoms with Gasteiger partial charge in [0.15, 0.2) is 5.78 Å². The molecule has 0 aliphatic carbocycles. The lowest BCUT2D eigenvalue weighted by Crippen LogP contribution is -2.49. The lowest BCUT2D eigenvalue weighted by atomic mass is 10.0. The van der Waals surface area contributed by atoms with E-state index >= 15 is 0 Å². The summed E-state index contributed by atoms with van der Waals surface area (Å²) in [5.41, 5.74) is 1.83. The van der Waals surface area contributed by atoms with E-state index in [2.05, 4.69) is 24.5 Å². The van der Waals surface area contributed by atoms with Gasteiger partial charge >= 0.3 is 6.09 Å². The van der Waals surface area contributed by atoms with Crippen LogP contribution < -0.4 is 10.6 Å². The molecule has 0 fully saturated rings. The zero-order valence-electron chi connectivity index (χ0n) is 21.3. The van der Waals surface area contributed by atoms with Gasteiger partial charge in [0.25, 0.3) is 0 Å². The minimum Gasteiger partial charge on any atom is -0.468 e. The maximum absolute atomic E-state index is 13.2. The van der Waals surface area contributed by atoms with Gasteiger partial charge < -0.3 is 19.8 Å². The number of alkyl carbamates (subject to hydrolysis) is 1. The molecular weight excluding hydrogens is 508 g/mol. The molecule has 1 aromatic heterocycles. The number of hydrogen-bond acceptors (Lipinski definition) is 6. The summed E-state index contributed by atoms with van der Waals surface area (Å²) >= 11 is 7.92. The third-order valence-corrected chi connectivity index (χ3v) is 7.09. The zero-order valence-corrected chi connectivity index (χ0v) is 22.9. The molecule has 0 aliphatic heterocycles. The number of amides is 1. The minimum absolute atomic E-state index is 0.0754. The maximum atomic E-state index is 13.2. The van der Waals surface area contributed by atoms with E-state index in [0.717, 1.165) is 23.3 Å². The third-order valence-electron chi connectivity index (χ3n) is 5.74. The van der Waals surface area contributed by atoms with Crippen LogP contribution in [0.1, 0.15) is 37.2 Å². The zero-order chi connectivity index (χ0) is 26.5. The van der Waals surface area contributed by atoms with Crippen molar-refractivity contribution in [1.82, 2.24) is 10.6 Å². The van der Waals surface area contributed by atoms with Crippen molar-refractivity contribution in [3.63, 3.8) is 0 Å². The second kappa shape index (κ2) is 15.5. The molecule has 0 spiro atoms. The van der Waals surface area contributed by atoms with Crippen molar-refractivity contribution in [2.45, 2.75) is 51.1 Å². The summed E-state index contributed by atoms with van der Waals surface area (Å²) in [5.74, 6) is 2.23. The Hall–Kier alpha value is -2.74. The van der Waals surface area contributed by atoms with Gasteiger partial charge in [0.05, 0.1) is 23.8 Å². The quantitative estimate of drug-likeness (QED) is 0.235. The average Bonchev–Trinajstić information content (AvgIpc) is 3.40. The monoisotopic (exact) mass is 542 g/mol. The number of benzene rings is 2. The number of Topliss-reactive ketones (excluding diaryl/α,β-unsaturated/α-hetero) is 1. The molecule has 3 rings (SSSR count). The second-order valence-corrected chi connectivity index (χ2v) is 10.7. The first-order chi connectivity index (χ1) is 17.9.